The number of carbonyl (C=O) groups excluding carboxylic acids is 2. The average molecular weight is 616 g/mol. The van der Waals surface area contributed by atoms with Gasteiger partial charge in [0, 0.05) is 56.0 Å². The molecule has 3 heterocycles. The number of rotatable bonds is 7. The van der Waals surface area contributed by atoms with Gasteiger partial charge >= 0.3 is 0 Å². The van der Waals surface area contributed by atoms with Crippen molar-refractivity contribution >= 4 is 39.0 Å². The lowest BCUT2D eigenvalue weighted by Gasteiger charge is -2.34. The van der Waals surface area contributed by atoms with Crippen LogP contribution in [0.25, 0.3) is 0 Å². The van der Waals surface area contributed by atoms with Gasteiger partial charge in [0.05, 0.1) is 27.4 Å². The molecule has 1 aromatic heterocycles. The smallest absolute Gasteiger partial charge is 0.258 e. The average Bonchev–Trinajstić information content (AvgIpc) is 3.46. The van der Waals surface area contributed by atoms with E-state index in [4.69, 9.17) is 0 Å². The number of benzene rings is 2. The highest BCUT2D eigenvalue weighted by Crippen LogP contribution is 2.44. The van der Waals surface area contributed by atoms with E-state index in [9.17, 15) is 26.8 Å². The van der Waals surface area contributed by atoms with Crippen molar-refractivity contribution in [2.75, 3.05) is 48.8 Å². The topological polar surface area (TPSA) is 131 Å². The number of aromatic nitrogens is 2. The Morgan fingerprint density at radius 1 is 1.00 bits per heavy atom. The van der Waals surface area contributed by atoms with Crippen LogP contribution >= 0.6 is 0 Å². The van der Waals surface area contributed by atoms with Gasteiger partial charge in [-0.25, -0.2) is 17.2 Å². The summed E-state index contributed by atoms with van der Waals surface area (Å²) in [5, 5.41) is 12.7. The van der Waals surface area contributed by atoms with Gasteiger partial charge in [-0.1, -0.05) is 13.8 Å². The lowest BCUT2D eigenvalue weighted by atomic mass is 10.0. The molecule has 0 spiro atoms. The van der Waals surface area contributed by atoms with Crippen molar-refractivity contribution in [1.82, 2.24) is 19.4 Å². The van der Waals surface area contributed by atoms with Gasteiger partial charge in [-0.15, -0.1) is 0 Å². The minimum Gasteiger partial charge on any atom is -0.369 e. The molecule has 11 nitrogen and oxygen atoms in total. The maximum absolute atomic E-state index is 13.9. The van der Waals surface area contributed by atoms with Crippen molar-refractivity contribution < 1.29 is 26.8 Å². The highest BCUT2D eigenvalue weighted by Gasteiger charge is 2.48. The molecule has 5 rings (SSSR count). The number of aromatic amines is 1. The summed E-state index contributed by atoms with van der Waals surface area (Å²) in [5.74, 6) is -3.03. The van der Waals surface area contributed by atoms with Crippen LogP contribution in [0.2, 0.25) is 0 Å². The zero-order chi connectivity index (χ0) is 31.3. The van der Waals surface area contributed by atoms with Crippen LogP contribution in [-0.4, -0.2) is 72.9 Å². The van der Waals surface area contributed by atoms with Gasteiger partial charge in [-0.2, -0.15) is 9.40 Å². The molecule has 230 valence electrons. The third-order valence-electron chi connectivity index (χ3n) is 7.96. The van der Waals surface area contributed by atoms with Crippen molar-refractivity contribution in [2.24, 2.45) is 5.92 Å². The van der Waals surface area contributed by atoms with E-state index in [2.05, 4.69) is 37.7 Å². The first-order valence-corrected chi connectivity index (χ1v) is 15.4. The van der Waals surface area contributed by atoms with Gasteiger partial charge in [-0.05, 0) is 51.2 Å². The second kappa shape index (κ2) is 11.3. The number of anilines is 3. The van der Waals surface area contributed by atoms with Gasteiger partial charge in [0.2, 0.25) is 15.9 Å². The number of fused-ring (bicyclic) bond motifs is 1. The third-order valence-corrected chi connectivity index (χ3v) is 9.96. The quantitative estimate of drug-likeness (QED) is 0.369. The Morgan fingerprint density at radius 3 is 2.28 bits per heavy atom. The summed E-state index contributed by atoms with van der Waals surface area (Å²) >= 11 is 0. The molecule has 0 saturated carbocycles. The van der Waals surface area contributed by atoms with Crippen molar-refractivity contribution in [3.8, 4) is 0 Å². The number of carbonyl (C=O) groups is 2. The van der Waals surface area contributed by atoms with Crippen molar-refractivity contribution in [3.63, 3.8) is 0 Å². The van der Waals surface area contributed by atoms with Crippen LogP contribution in [0.5, 0.6) is 0 Å². The molecule has 43 heavy (non-hydrogen) atoms. The lowest BCUT2D eigenvalue weighted by molar-refractivity contribution is -0.118. The van der Waals surface area contributed by atoms with Gasteiger partial charge < -0.3 is 20.4 Å². The number of halogens is 2. The number of H-pyrrole nitrogens is 1. The number of hydrogen-bond donors (Lipinski definition) is 3. The van der Waals surface area contributed by atoms with E-state index >= 15 is 0 Å². The molecule has 14 heteroatoms. The maximum atomic E-state index is 13.9. The van der Waals surface area contributed by atoms with E-state index in [1.165, 1.54) is 0 Å². The fourth-order valence-electron chi connectivity index (χ4n) is 5.33. The van der Waals surface area contributed by atoms with Crippen molar-refractivity contribution in [1.29, 1.82) is 0 Å². The fraction of sp³-hybridized carbons (Fsp3) is 0.414. The van der Waals surface area contributed by atoms with E-state index in [-0.39, 0.29) is 29.8 Å². The molecule has 2 aliphatic rings. The lowest BCUT2D eigenvalue weighted by Crippen LogP contribution is -2.44. The number of hydrogen-bond acceptors (Lipinski definition) is 7. The molecule has 1 saturated heterocycles. The minimum atomic E-state index is -4.34. The Bertz CT molecular complexity index is 1660. The van der Waals surface area contributed by atoms with Crippen LogP contribution in [0, 0.1) is 17.6 Å². The number of amides is 2. The highest BCUT2D eigenvalue weighted by atomic mass is 32.2. The van der Waals surface area contributed by atoms with Gasteiger partial charge in [-0.3, -0.25) is 14.7 Å². The Kier molecular flexibility index (Phi) is 8.05. The summed E-state index contributed by atoms with van der Waals surface area (Å²) in [5.41, 5.74) is 1.11. The van der Waals surface area contributed by atoms with E-state index in [1.807, 2.05) is 6.07 Å². The van der Waals surface area contributed by atoms with Crippen LogP contribution in [-0.2, 0) is 26.9 Å². The predicted octanol–water partition coefficient (Wildman–Crippen LogP) is 3.73. The van der Waals surface area contributed by atoms with E-state index in [1.54, 1.807) is 39.8 Å². The van der Waals surface area contributed by atoms with E-state index in [0.717, 1.165) is 48.3 Å². The summed E-state index contributed by atoms with van der Waals surface area (Å²) in [7, 11) is -2.28. The molecule has 0 atom stereocenters. The minimum absolute atomic E-state index is 0.112. The Balaban J connectivity index is 1.43. The van der Waals surface area contributed by atoms with Crippen LogP contribution in [0.3, 0.4) is 0 Å². The third kappa shape index (κ3) is 5.86. The zero-order valence-corrected chi connectivity index (χ0v) is 25.5. The molecule has 2 aromatic carbocycles. The summed E-state index contributed by atoms with van der Waals surface area (Å²) in [6.45, 7) is 9.95. The Morgan fingerprint density at radius 2 is 1.65 bits per heavy atom. The van der Waals surface area contributed by atoms with E-state index < -0.39 is 38.0 Å². The molecule has 0 radical (unpaired) electrons. The number of nitrogens with one attached hydrogen (secondary N) is 3. The normalized spacial score (nSPS) is 17.3. The van der Waals surface area contributed by atoms with Gasteiger partial charge in [0.25, 0.3) is 5.91 Å². The molecule has 2 amide bonds. The standard InChI is InChI=1S/C29H35F2N7O4S/c1-17(2)27(39)32-24-15-20(37-10-8-36(5)9-11-37)6-7-22(24)28(40)33-26-23-16-38(29(3,4)25(23)34-35-26)43(41,42)21-13-18(30)12-19(31)14-21/h6-7,12-15,17H,8-11,16H2,1-5H3,(H,32,39)(H2,33,34,35,40). The molecular formula is C29H35F2N7O4S. The van der Waals surface area contributed by atoms with Crippen LogP contribution < -0.4 is 15.5 Å². The largest absolute Gasteiger partial charge is 0.369 e. The molecule has 0 bridgehead atoms. The summed E-state index contributed by atoms with van der Waals surface area (Å²) in [6.07, 6.45) is 0. The molecule has 0 aliphatic carbocycles. The SMILES string of the molecule is CC(C)C(=O)Nc1cc(N2CCN(C)CC2)ccc1C(=O)Nc1n[nH]c2c1CN(S(=O)(=O)c1cc(F)cc(F)c1)C2(C)C. The first-order chi connectivity index (χ1) is 20.2. The summed E-state index contributed by atoms with van der Waals surface area (Å²) in [6, 6.07) is 7.39. The molecule has 2 aliphatic heterocycles. The molecular weight excluding hydrogens is 580 g/mol. The van der Waals surface area contributed by atoms with Crippen molar-refractivity contribution in [2.45, 2.75) is 44.7 Å². The summed E-state index contributed by atoms with van der Waals surface area (Å²) in [4.78, 5) is 30.2. The first kappa shape index (κ1) is 30.6. The van der Waals surface area contributed by atoms with Crippen LogP contribution in [0.1, 0.15) is 49.3 Å². The molecule has 3 N–H and O–H groups in total. The fourth-order valence-corrected chi connectivity index (χ4v) is 7.10. The number of likely N-dealkylation sites (N-methyl/N-ethyl adjacent to an activating group) is 1. The Hall–Kier alpha value is -3.88. The number of nitrogens with zero attached hydrogens (tertiary/aromatic N) is 4. The van der Waals surface area contributed by atoms with Crippen LogP contribution in [0.15, 0.2) is 41.3 Å². The second-order valence-electron chi connectivity index (χ2n) is 11.7. The zero-order valence-electron chi connectivity index (χ0n) is 24.7. The summed E-state index contributed by atoms with van der Waals surface area (Å²) < 4.78 is 55.9. The number of piperazine rings is 1. The van der Waals surface area contributed by atoms with Gasteiger partial charge in [0.15, 0.2) is 5.82 Å². The first-order valence-electron chi connectivity index (χ1n) is 13.9. The molecule has 3 aromatic rings. The van der Waals surface area contributed by atoms with Crippen molar-refractivity contribution in [3.05, 3.63) is 64.9 Å². The maximum Gasteiger partial charge on any atom is 0.258 e. The predicted molar refractivity (Wildman–Crippen MR) is 158 cm³/mol. The molecule has 1 fully saturated rings. The second-order valence-corrected chi connectivity index (χ2v) is 13.6. The van der Waals surface area contributed by atoms with Gasteiger partial charge in [0.1, 0.15) is 11.6 Å². The number of sulfonamides is 1. The van der Waals surface area contributed by atoms with E-state index in [0.29, 0.717) is 23.0 Å². The Labute approximate surface area is 249 Å². The molecule has 0 unspecified atom stereocenters. The highest BCUT2D eigenvalue weighted by molar-refractivity contribution is 7.89. The monoisotopic (exact) mass is 615 g/mol. The van der Waals surface area contributed by atoms with Crippen LogP contribution in [0.4, 0.5) is 26.0 Å².